The standard InChI is InChI=1S/C14H27N3O/c1-14(2,3)17-8-6-12(7-9-17)16-13(18)10-15-11-4-5-11/h11-12,15H,4-10H2,1-3H3,(H,16,18). The summed E-state index contributed by atoms with van der Waals surface area (Å²) in [4.78, 5) is 14.2. The zero-order valence-electron chi connectivity index (χ0n) is 12.0. The van der Waals surface area contributed by atoms with Gasteiger partial charge in [0, 0.05) is 30.7 Å². The number of piperidine rings is 1. The van der Waals surface area contributed by atoms with Crippen LogP contribution in [0.4, 0.5) is 0 Å². The van der Waals surface area contributed by atoms with Crippen molar-refractivity contribution < 1.29 is 4.79 Å². The van der Waals surface area contributed by atoms with Gasteiger partial charge >= 0.3 is 0 Å². The van der Waals surface area contributed by atoms with Crippen molar-refractivity contribution in [2.75, 3.05) is 19.6 Å². The quantitative estimate of drug-likeness (QED) is 0.789. The predicted octanol–water partition coefficient (Wildman–Crippen LogP) is 1.12. The highest BCUT2D eigenvalue weighted by atomic mass is 16.2. The Morgan fingerprint density at radius 2 is 1.72 bits per heavy atom. The number of hydrogen-bond donors (Lipinski definition) is 2. The van der Waals surface area contributed by atoms with Crippen molar-refractivity contribution in [2.24, 2.45) is 0 Å². The van der Waals surface area contributed by atoms with Crippen LogP contribution in [-0.4, -0.2) is 48.1 Å². The molecular weight excluding hydrogens is 226 g/mol. The molecule has 2 rings (SSSR count). The molecule has 1 heterocycles. The number of carbonyl (C=O) groups excluding carboxylic acids is 1. The first-order valence-corrected chi connectivity index (χ1v) is 7.23. The molecule has 0 aromatic heterocycles. The number of likely N-dealkylation sites (tertiary alicyclic amines) is 1. The lowest BCUT2D eigenvalue weighted by Gasteiger charge is -2.41. The predicted molar refractivity (Wildman–Crippen MR) is 73.5 cm³/mol. The molecule has 0 atom stereocenters. The average Bonchev–Trinajstić information content (AvgIpc) is 3.09. The van der Waals surface area contributed by atoms with E-state index in [0.717, 1.165) is 25.9 Å². The van der Waals surface area contributed by atoms with Crippen molar-refractivity contribution in [1.29, 1.82) is 0 Å². The van der Waals surface area contributed by atoms with Crippen LogP contribution >= 0.6 is 0 Å². The summed E-state index contributed by atoms with van der Waals surface area (Å²) in [6.07, 6.45) is 4.62. The van der Waals surface area contributed by atoms with E-state index < -0.39 is 0 Å². The molecule has 2 N–H and O–H groups in total. The summed E-state index contributed by atoms with van der Waals surface area (Å²) in [5.74, 6) is 0.163. The van der Waals surface area contributed by atoms with Gasteiger partial charge in [-0.3, -0.25) is 9.69 Å². The first-order valence-electron chi connectivity index (χ1n) is 7.23. The number of amides is 1. The molecule has 0 bridgehead atoms. The fourth-order valence-electron chi connectivity index (χ4n) is 2.50. The molecule has 0 unspecified atom stereocenters. The Bertz CT molecular complexity index is 286. The molecule has 0 spiro atoms. The van der Waals surface area contributed by atoms with E-state index in [0.29, 0.717) is 18.6 Å². The minimum absolute atomic E-state index is 0.163. The van der Waals surface area contributed by atoms with Gasteiger partial charge in [-0.05, 0) is 46.5 Å². The van der Waals surface area contributed by atoms with E-state index in [1.54, 1.807) is 0 Å². The molecule has 2 fully saturated rings. The monoisotopic (exact) mass is 253 g/mol. The summed E-state index contributed by atoms with van der Waals surface area (Å²) < 4.78 is 0. The van der Waals surface area contributed by atoms with Gasteiger partial charge < -0.3 is 10.6 Å². The number of nitrogens with zero attached hydrogens (tertiary/aromatic N) is 1. The Balaban J connectivity index is 1.64. The number of hydrogen-bond acceptors (Lipinski definition) is 3. The lowest BCUT2D eigenvalue weighted by Crippen LogP contribution is -2.51. The van der Waals surface area contributed by atoms with Gasteiger partial charge in [-0.2, -0.15) is 0 Å². The molecule has 2 aliphatic rings. The number of carbonyl (C=O) groups is 1. The topological polar surface area (TPSA) is 44.4 Å². The SMILES string of the molecule is CC(C)(C)N1CCC(NC(=O)CNC2CC2)CC1. The zero-order chi connectivity index (χ0) is 13.2. The Hall–Kier alpha value is -0.610. The van der Waals surface area contributed by atoms with Crippen LogP contribution in [0.2, 0.25) is 0 Å². The van der Waals surface area contributed by atoms with Gasteiger partial charge in [-0.1, -0.05) is 0 Å². The van der Waals surface area contributed by atoms with Crippen molar-refractivity contribution in [3.63, 3.8) is 0 Å². The lowest BCUT2D eigenvalue weighted by molar-refractivity contribution is -0.121. The third-order valence-corrected chi connectivity index (χ3v) is 3.94. The van der Waals surface area contributed by atoms with E-state index in [1.807, 2.05) is 0 Å². The van der Waals surface area contributed by atoms with Crippen LogP contribution < -0.4 is 10.6 Å². The summed E-state index contributed by atoms with van der Waals surface area (Å²) >= 11 is 0. The van der Waals surface area contributed by atoms with Crippen molar-refractivity contribution in [2.45, 2.75) is 64.1 Å². The van der Waals surface area contributed by atoms with E-state index in [1.165, 1.54) is 12.8 Å². The third kappa shape index (κ3) is 4.25. The highest BCUT2D eigenvalue weighted by molar-refractivity contribution is 5.78. The van der Waals surface area contributed by atoms with Gasteiger partial charge in [0.15, 0.2) is 0 Å². The van der Waals surface area contributed by atoms with Crippen LogP contribution in [0.25, 0.3) is 0 Å². The highest BCUT2D eigenvalue weighted by Crippen LogP contribution is 2.20. The molecule has 104 valence electrons. The molecule has 18 heavy (non-hydrogen) atoms. The molecule has 0 aromatic rings. The molecule has 1 saturated heterocycles. The fourth-order valence-corrected chi connectivity index (χ4v) is 2.50. The molecule has 1 aliphatic carbocycles. The van der Waals surface area contributed by atoms with E-state index in [-0.39, 0.29) is 11.4 Å². The van der Waals surface area contributed by atoms with Crippen molar-refractivity contribution >= 4 is 5.91 Å². The van der Waals surface area contributed by atoms with E-state index >= 15 is 0 Å². The summed E-state index contributed by atoms with van der Waals surface area (Å²) in [7, 11) is 0. The van der Waals surface area contributed by atoms with Crippen molar-refractivity contribution in [3.8, 4) is 0 Å². The molecule has 1 saturated carbocycles. The molecule has 1 amide bonds. The highest BCUT2D eigenvalue weighted by Gasteiger charge is 2.28. The number of rotatable bonds is 4. The van der Waals surface area contributed by atoms with Gasteiger partial charge in [-0.15, -0.1) is 0 Å². The largest absolute Gasteiger partial charge is 0.352 e. The van der Waals surface area contributed by atoms with E-state index in [4.69, 9.17) is 0 Å². The minimum Gasteiger partial charge on any atom is -0.352 e. The molecule has 4 nitrogen and oxygen atoms in total. The van der Waals surface area contributed by atoms with Crippen molar-refractivity contribution in [3.05, 3.63) is 0 Å². The minimum atomic E-state index is 0.163. The molecule has 1 aliphatic heterocycles. The second-order valence-electron chi connectivity index (χ2n) is 6.65. The van der Waals surface area contributed by atoms with Crippen molar-refractivity contribution in [1.82, 2.24) is 15.5 Å². The smallest absolute Gasteiger partial charge is 0.234 e. The Labute approximate surface area is 110 Å². The zero-order valence-corrected chi connectivity index (χ0v) is 12.0. The first-order chi connectivity index (χ1) is 8.45. The van der Waals surface area contributed by atoms with Gasteiger partial charge in [0.25, 0.3) is 0 Å². The summed E-state index contributed by atoms with van der Waals surface area (Å²) in [6.45, 7) is 9.43. The number of nitrogens with one attached hydrogen (secondary N) is 2. The average molecular weight is 253 g/mol. The maximum atomic E-state index is 11.7. The Morgan fingerprint density at radius 3 is 2.22 bits per heavy atom. The normalized spacial score (nSPS) is 23.1. The molecule has 0 aromatic carbocycles. The Morgan fingerprint density at radius 1 is 1.11 bits per heavy atom. The van der Waals surface area contributed by atoms with Crippen LogP contribution in [0, 0.1) is 0 Å². The maximum Gasteiger partial charge on any atom is 0.234 e. The van der Waals surface area contributed by atoms with Crippen LogP contribution in [0.15, 0.2) is 0 Å². The lowest BCUT2D eigenvalue weighted by atomic mass is 9.98. The first kappa shape index (κ1) is 13.8. The molecular formula is C14H27N3O. The fraction of sp³-hybridized carbons (Fsp3) is 0.929. The molecule has 4 heteroatoms. The van der Waals surface area contributed by atoms with Crippen LogP contribution in [0.1, 0.15) is 46.5 Å². The van der Waals surface area contributed by atoms with Crippen LogP contribution in [-0.2, 0) is 4.79 Å². The maximum absolute atomic E-state index is 11.7. The summed E-state index contributed by atoms with van der Waals surface area (Å²) in [5.41, 5.74) is 0.252. The third-order valence-electron chi connectivity index (χ3n) is 3.94. The van der Waals surface area contributed by atoms with Crippen LogP contribution in [0.3, 0.4) is 0 Å². The van der Waals surface area contributed by atoms with Gasteiger partial charge in [0.05, 0.1) is 6.54 Å². The Kier molecular flexibility index (Phi) is 4.28. The van der Waals surface area contributed by atoms with Gasteiger partial charge in [-0.25, -0.2) is 0 Å². The second kappa shape index (κ2) is 5.57. The van der Waals surface area contributed by atoms with Gasteiger partial charge in [0.1, 0.15) is 0 Å². The van der Waals surface area contributed by atoms with Gasteiger partial charge in [0.2, 0.25) is 5.91 Å². The van der Waals surface area contributed by atoms with Crippen LogP contribution in [0.5, 0.6) is 0 Å². The van der Waals surface area contributed by atoms with E-state index in [9.17, 15) is 4.79 Å². The summed E-state index contributed by atoms with van der Waals surface area (Å²) in [6, 6.07) is 0.982. The summed E-state index contributed by atoms with van der Waals surface area (Å²) in [5, 5.41) is 6.40. The molecule has 0 radical (unpaired) electrons. The second-order valence-corrected chi connectivity index (χ2v) is 6.65. The van der Waals surface area contributed by atoms with E-state index in [2.05, 4.69) is 36.3 Å².